The number of carbonyl (C=O) groups is 2. The fourth-order valence-electron chi connectivity index (χ4n) is 5.58. The zero-order valence-corrected chi connectivity index (χ0v) is 13.8. The number of carbonyl (C=O) groups excluding carboxylic acids is 2. The first-order valence-electron chi connectivity index (χ1n) is 8.44. The fourth-order valence-corrected chi connectivity index (χ4v) is 5.75. The van der Waals surface area contributed by atoms with Crippen LogP contribution in [0.1, 0.15) is 55.4 Å². The maximum Gasteiger partial charge on any atom is 0.286 e. The molecule has 5 rings (SSSR count). The second-order valence-corrected chi connectivity index (χ2v) is 8.26. The number of aromatic nitrogens is 1. The molecule has 2 amide bonds. The smallest absolute Gasteiger partial charge is 0.286 e. The predicted molar refractivity (Wildman–Crippen MR) is 86.6 cm³/mol. The van der Waals surface area contributed by atoms with Gasteiger partial charge in [-0.1, -0.05) is 11.6 Å². The maximum absolute atomic E-state index is 12.3. The van der Waals surface area contributed by atoms with Crippen LogP contribution >= 0.6 is 11.6 Å². The molecular formula is C17H22ClN3O2. The topological polar surface area (TPSA) is 74.0 Å². The summed E-state index contributed by atoms with van der Waals surface area (Å²) in [6.45, 7) is 0. The van der Waals surface area contributed by atoms with Gasteiger partial charge in [-0.25, -0.2) is 0 Å². The van der Waals surface area contributed by atoms with Gasteiger partial charge < -0.3 is 4.98 Å². The molecule has 23 heavy (non-hydrogen) atoms. The Hall–Kier alpha value is -1.49. The first-order valence-corrected chi connectivity index (χ1v) is 8.82. The minimum atomic E-state index is -0.379. The molecule has 0 atom stereocenters. The average Bonchev–Trinajstić information content (AvgIpc) is 2.89. The first kappa shape index (κ1) is 15.1. The minimum Gasteiger partial charge on any atom is -0.356 e. The number of hydrazine groups is 1. The molecule has 5 nitrogen and oxygen atoms in total. The van der Waals surface area contributed by atoms with Crippen molar-refractivity contribution < 1.29 is 9.59 Å². The Morgan fingerprint density at radius 2 is 1.74 bits per heavy atom. The number of halogens is 1. The van der Waals surface area contributed by atoms with Gasteiger partial charge in [0.05, 0.1) is 5.02 Å². The Labute approximate surface area is 140 Å². The van der Waals surface area contributed by atoms with E-state index < -0.39 is 0 Å². The molecule has 1 heterocycles. The summed E-state index contributed by atoms with van der Waals surface area (Å²) in [6.07, 6.45) is 9.73. The monoisotopic (exact) mass is 335 g/mol. The van der Waals surface area contributed by atoms with Gasteiger partial charge in [-0.3, -0.25) is 20.4 Å². The van der Waals surface area contributed by atoms with Crippen LogP contribution in [0.3, 0.4) is 0 Å². The summed E-state index contributed by atoms with van der Waals surface area (Å²) < 4.78 is 0. The Kier molecular flexibility index (Phi) is 3.63. The van der Waals surface area contributed by atoms with Crippen molar-refractivity contribution in [3.8, 4) is 0 Å². The fraction of sp³-hybridized carbons (Fsp3) is 0.647. The normalized spacial score (nSPS) is 34.4. The molecule has 4 aliphatic rings. The zero-order chi connectivity index (χ0) is 16.0. The van der Waals surface area contributed by atoms with E-state index in [0.717, 1.165) is 17.8 Å². The lowest BCUT2D eigenvalue weighted by Gasteiger charge is -2.56. The zero-order valence-electron chi connectivity index (χ0n) is 13.0. The molecule has 4 aliphatic carbocycles. The number of nitrogens with one attached hydrogen (secondary N) is 3. The van der Waals surface area contributed by atoms with Crippen molar-refractivity contribution in [3.63, 3.8) is 0 Å². The lowest BCUT2D eigenvalue weighted by molar-refractivity contribution is -0.130. The van der Waals surface area contributed by atoms with Gasteiger partial charge >= 0.3 is 0 Å². The molecule has 6 heteroatoms. The molecule has 0 unspecified atom stereocenters. The number of hydrogen-bond donors (Lipinski definition) is 3. The predicted octanol–water partition coefficient (Wildman–Crippen LogP) is 3.04. The molecule has 4 bridgehead atoms. The number of H-pyrrole nitrogens is 1. The first-order chi connectivity index (χ1) is 11.0. The number of aromatic amines is 1. The van der Waals surface area contributed by atoms with Crippen LogP contribution in [0.4, 0.5) is 0 Å². The average molecular weight is 336 g/mol. The van der Waals surface area contributed by atoms with Crippen LogP contribution in [-0.4, -0.2) is 16.8 Å². The summed E-state index contributed by atoms with van der Waals surface area (Å²) in [5.74, 6) is 2.01. The lowest BCUT2D eigenvalue weighted by atomic mass is 9.49. The van der Waals surface area contributed by atoms with E-state index in [1.165, 1.54) is 50.8 Å². The number of rotatable bonds is 3. The number of hydrogen-bond acceptors (Lipinski definition) is 2. The molecule has 4 fully saturated rings. The van der Waals surface area contributed by atoms with Gasteiger partial charge in [0.25, 0.3) is 5.91 Å². The second-order valence-electron chi connectivity index (χ2n) is 7.83. The number of amides is 2. The summed E-state index contributed by atoms with van der Waals surface area (Å²) in [5, 5.41) is 0.468. The Balaban J connectivity index is 1.33. The van der Waals surface area contributed by atoms with E-state index in [1.807, 2.05) is 0 Å². The Morgan fingerprint density at radius 1 is 1.13 bits per heavy atom. The highest BCUT2D eigenvalue weighted by atomic mass is 35.5. The molecule has 3 N–H and O–H groups in total. The Bertz CT molecular complexity index is 604. The highest BCUT2D eigenvalue weighted by molar-refractivity contribution is 6.30. The molecule has 0 saturated heterocycles. The van der Waals surface area contributed by atoms with E-state index in [1.54, 1.807) is 0 Å². The standard InChI is InChI=1S/C17H22ClN3O2/c18-13-4-14(19-9-13)16(23)21-20-15(22)8-17-5-10-1-11(6-17)3-12(2-10)7-17/h4,9-12,19H,1-3,5-8H2,(H,20,22)(H,21,23). The van der Waals surface area contributed by atoms with Crippen LogP contribution in [0.5, 0.6) is 0 Å². The van der Waals surface area contributed by atoms with E-state index >= 15 is 0 Å². The van der Waals surface area contributed by atoms with Crippen molar-refractivity contribution in [1.82, 2.24) is 15.8 Å². The summed E-state index contributed by atoms with van der Waals surface area (Å²) in [4.78, 5) is 27.0. The lowest BCUT2D eigenvalue weighted by Crippen LogP contribution is -2.50. The highest BCUT2D eigenvalue weighted by Gasteiger charge is 2.51. The van der Waals surface area contributed by atoms with E-state index in [-0.39, 0.29) is 17.2 Å². The molecule has 4 saturated carbocycles. The van der Waals surface area contributed by atoms with Gasteiger partial charge in [-0.2, -0.15) is 0 Å². The van der Waals surface area contributed by atoms with Crippen LogP contribution in [0.2, 0.25) is 5.02 Å². The van der Waals surface area contributed by atoms with Gasteiger partial charge in [0.2, 0.25) is 5.91 Å². The van der Waals surface area contributed by atoms with Gasteiger partial charge in [-0.05, 0) is 67.8 Å². The molecule has 0 spiro atoms. The van der Waals surface area contributed by atoms with E-state index in [9.17, 15) is 9.59 Å². The SMILES string of the molecule is O=C(CC12CC3CC(CC(C3)C1)C2)NNC(=O)c1cc(Cl)c[nH]1. The van der Waals surface area contributed by atoms with Gasteiger partial charge in [0, 0.05) is 12.6 Å². The van der Waals surface area contributed by atoms with Crippen LogP contribution in [0, 0.1) is 23.2 Å². The van der Waals surface area contributed by atoms with Crippen molar-refractivity contribution in [2.24, 2.45) is 23.2 Å². The van der Waals surface area contributed by atoms with Crippen LogP contribution in [-0.2, 0) is 4.79 Å². The molecule has 0 aromatic carbocycles. The Morgan fingerprint density at radius 3 is 2.26 bits per heavy atom. The molecule has 124 valence electrons. The summed E-state index contributed by atoms with van der Waals surface area (Å²) in [5.41, 5.74) is 5.55. The summed E-state index contributed by atoms with van der Waals surface area (Å²) in [6, 6.07) is 1.53. The molecule has 1 aromatic heterocycles. The van der Waals surface area contributed by atoms with Gasteiger partial charge in [0.1, 0.15) is 5.69 Å². The maximum atomic E-state index is 12.3. The molecule has 0 aliphatic heterocycles. The van der Waals surface area contributed by atoms with Crippen molar-refractivity contribution in [3.05, 3.63) is 23.0 Å². The molecule has 1 aromatic rings. The summed E-state index contributed by atoms with van der Waals surface area (Å²) in [7, 11) is 0. The van der Waals surface area contributed by atoms with Crippen LogP contribution in [0.25, 0.3) is 0 Å². The summed E-state index contributed by atoms with van der Waals surface area (Å²) >= 11 is 5.77. The van der Waals surface area contributed by atoms with Gasteiger partial charge in [-0.15, -0.1) is 0 Å². The minimum absolute atomic E-state index is 0.0852. The van der Waals surface area contributed by atoms with E-state index in [4.69, 9.17) is 11.6 Å². The van der Waals surface area contributed by atoms with E-state index in [2.05, 4.69) is 15.8 Å². The van der Waals surface area contributed by atoms with Crippen molar-refractivity contribution >= 4 is 23.4 Å². The third-order valence-electron chi connectivity index (χ3n) is 5.91. The molecular weight excluding hydrogens is 314 g/mol. The highest BCUT2D eigenvalue weighted by Crippen LogP contribution is 2.61. The third kappa shape index (κ3) is 2.99. The van der Waals surface area contributed by atoms with Crippen molar-refractivity contribution in [2.75, 3.05) is 0 Å². The largest absolute Gasteiger partial charge is 0.356 e. The van der Waals surface area contributed by atoms with E-state index in [0.29, 0.717) is 17.1 Å². The molecule has 0 radical (unpaired) electrons. The van der Waals surface area contributed by atoms with Gasteiger partial charge in [0.15, 0.2) is 0 Å². The second kappa shape index (κ2) is 5.55. The van der Waals surface area contributed by atoms with Crippen molar-refractivity contribution in [2.45, 2.75) is 44.9 Å². The van der Waals surface area contributed by atoms with Crippen molar-refractivity contribution in [1.29, 1.82) is 0 Å². The van der Waals surface area contributed by atoms with Crippen LogP contribution in [0.15, 0.2) is 12.3 Å². The quantitative estimate of drug-likeness (QED) is 0.743. The third-order valence-corrected chi connectivity index (χ3v) is 6.13. The van der Waals surface area contributed by atoms with Crippen LogP contribution < -0.4 is 10.9 Å².